The molecule has 2 aliphatic rings. The number of amides is 2. The zero-order chi connectivity index (χ0) is 21.8. The van der Waals surface area contributed by atoms with Gasteiger partial charge >= 0.3 is 0 Å². The van der Waals surface area contributed by atoms with Gasteiger partial charge < -0.3 is 15.0 Å². The number of aromatic nitrogens is 1. The minimum absolute atomic E-state index is 0. The molecule has 32 heavy (non-hydrogen) atoms. The molecule has 0 unspecified atom stereocenters. The van der Waals surface area contributed by atoms with Crippen LogP contribution in [-0.4, -0.2) is 55.0 Å². The summed E-state index contributed by atoms with van der Waals surface area (Å²) in [5, 5.41) is 3.30. The first-order valence-electron chi connectivity index (χ1n) is 10.5. The van der Waals surface area contributed by atoms with Gasteiger partial charge in [0, 0.05) is 50.9 Å². The number of hydrogen-bond acceptors (Lipinski definition) is 7. The largest absolute Gasteiger partial charge is 0.369 e. The minimum Gasteiger partial charge on any atom is -0.369 e. The third-order valence-corrected chi connectivity index (χ3v) is 5.60. The Balaban J connectivity index is 0.00000289. The van der Waals surface area contributed by atoms with E-state index >= 15 is 0 Å². The molecule has 1 aromatic carbocycles. The molecule has 0 aliphatic carbocycles. The van der Waals surface area contributed by atoms with E-state index in [-0.39, 0.29) is 31.0 Å². The number of benzene rings is 1. The average Bonchev–Trinajstić information content (AvgIpc) is 3.04. The predicted molar refractivity (Wildman–Crippen MR) is 123 cm³/mol. The van der Waals surface area contributed by atoms with E-state index in [9.17, 15) is 19.2 Å². The molecule has 3 heterocycles. The molecule has 0 spiro atoms. The number of halogens is 1. The highest BCUT2D eigenvalue weighted by Gasteiger charge is 2.38. The van der Waals surface area contributed by atoms with Crippen molar-refractivity contribution in [2.24, 2.45) is 0 Å². The summed E-state index contributed by atoms with van der Waals surface area (Å²) in [6.07, 6.45) is 3.39. The maximum atomic E-state index is 13.2. The van der Waals surface area contributed by atoms with Crippen LogP contribution in [0.15, 0.2) is 36.5 Å². The van der Waals surface area contributed by atoms with Crippen molar-refractivity contribution in [3.63, 3.8) is 0 Å². The number of nitrogens with zero attached hydrogens (tertiary/aromatic N) is 3. The fourth-order valence-corrected chi connectivity index (χ4v) is 3.99. The molecule has 2 amide bonds. The Morgan fingerprint density at radius 2 is 1.84 bits per heavy atom. The van der Waals surface area contributed by atoms with E-state index in [1.54, 1.807) is 24.3 Å². The summed E-state index contributed by atoms with van der Waals surface area (Å²) < 4.78 is 0. The maximum Gasteiger partial charge on any atom is 0.266 e. The van der Waals surface area contributed by atoms with E-state index < -0.39 is 11.8 Å². The Labute approximate surface area is 192 Å². The number of unbranched alkanes of at least 4 members (excludes halogenated alkanes) is 1. The highest BCUT2D eigenvalue weighted by Crippen LogP contribution is 2.32. The second-order valence-electron chi connectivity index (χ2n) is 7.66. The third-order valence-electron chi connectivity index (χ3n) is 5.60. The number of ketones is 1. The molecule has 2 aromatic rings. The molecule has 0 radical (unpaired) electrons. The number of nitrogens with one attached hydrogen (secondary N) is 1. The average molecular weight is 457 g/mol. The van der Waals surface area contributed by atoms with Gasteiger partial charge in [-0.2, -0.15) is 0 Å². The van der Waals surface area contributed by atoms with Crippen LogP contribution in [-0.2, 0) is 16.0 Å². The number of Topliss-reactive ketones (excluding diaryl/α,β-unsaturated/α-hetero) is 1. The number of carbonyl (C=O) groups is 4. The van der Waals surface area contributed by atoms with E-state index in [0.29, 0.717) is 35.3 Å². The van der Waals surface area contributed by atoms with Gasteiger partial charge in [-0.15, -0.1) is 12.4 Å². The third kappa shape index (κ3) is 4.71. The Bertz CT molecular complexity index is 1040. The van der Waals surface area contributed by atoms with Crippen LogP contribution in [0.2, 0.25) is 0 Å². The fraction of sp³-hybridized carbons (Fsp3) is 0.348. The predicted octanol–water partition coefficient (Wildman–Crippen LogP) is 2.19. The Morgan fingerprint density at radius 3 is 2.59 bits per heavy atom. The summed E-state index contributed by atoms with van der Waals surface area (Å²) in [4.78, 5) is 56.6. The number of carbonyl (C=O) groups excluding carboxylic acids is 4. The Kier molecular flexibility index (Phi) is 7.71. The van der Waals surface area contributed by atoms with Gasteiger partial charge in [0.2, 0.25) is 0 Å². The fourth-order valence-electron chi connectivity index (χ4n) is 3.99. The molecule has 1 fully saturated rings. The molecular formula is C23H25ClN4O4. The van der Waals surface area contributed by atoms with Crippen LogP contribution in [0.1, 0.15) is 45.7 Å². The highest BCUT2D eigenvalue weighted by atomic mass is 35.5. The lowest BCUT2D eigenvalue weighted by molar-refractivity contribution is -0.118. The van der Waals surface area contributed by atoms with Crippen LogP contribution < -0.4 is 15.1 Å². The van der Waals surface area contributed by atoms with Crippen LogP contribution in [0.25, 0.3) is 0 Å². The smallest absolute Gasteiger partial charge is 0.266 e. The van der Waals surface area contributed by atoms with Crippen molar-refractivity contribution in [2.45, 2.75) is 25.7 Å². The zero-order valence-corrected chi connectivity index (χ0v) is 18.4. The van der Waals surface area contributed by atoms with E-state index in [2.05, 4.69) is 15.2 Å². The topological polar surface area (TPSA) is 99.7 Å². The van der Waals surface area contributed by atoms with Gasteiger partial charge in [-0.3, -0.25) is 19.4 Å². The van der Waals surface area contributed by atoms with Gasteiger partial charge in [0.1, 0.15) is 12.1 Å². The van der Waals surface area contributed by atoms with E-state index in [4.69, 9.17) is 0 Å². The van der Waals surface area contributed by atoms with E-state index in [1.165, 1.54) is 6.20 Å². The van der Waals surface area contributed by atoms with Crippen LogP contribution in [0, 0.1) is 0 Å². The van der Waals surface area contributed by atoms with Crippen molar-refractivity contribution in [1.29, 1.82) is 0 Å². The van der Waals surface area contributed by atoms with Crippen molar-refractivity contribution in [2.75, 3.05) is 36.0 Å². The minimum atomic E-state index is -0.408. The molecule has 2 aliphatic heterocycles. The second-order valence-corrected chi connectivity index (χ2v) is 7.66. The monoisotopic (exact) mass is 456 g/mol. The molecule has 0 atom stereocenters. The number of rotatable bonds is 8. The van der Waals surface area contributed by atoms with E-state index in [1.807, 2.05) is 6.07 Å². The van der Waals surface area contributed by atoms with Crippen molar-refractivity contribution in [3.8, 4) is 0 Å². The lowest BCUT2D eigenvalue weighted by Crippen LogP contribution is -2.43. The number of hydrogen-bond donors (Lipinski definition) is 1. The van der Waals surface area contributed by atoms with Gasteiger partial charge in [-0.1, -0.05) is 0 Å². The molecule has 4 rings (SSSR count). The maximum absolute atomic E-state index is 13.2. The van der Waals surface area contributed by atoms with E-state index in [0.717, 1.165) is 43.1 Å². The van der Waals surface area contributed by atoms with Crippen molar-refractivity contribution >= 4 is 47.7 Å². The Morgan fingerprint density at radius 1 is 1.09 bits per heavy atom. The summed E-state index contributed by atoms with van der Waals surface area (Å²) in [5.41, 5.74) is 2.36. The van der Waals surface area contributed by atoms with Gasteiger partial charge in [0.25, 0.3) is 11.8 Å². The molecule has 9 heteroatoms. The van der Waals surface area contributed by atoms with Gasteiger partial charge in [-0.05, 0) is 36.8 Å². The summed E-state index contributed by atoms with van der Waals surface area (Å²) in [5.74, 6) is -0.895. The Hall–Kier alpha value is -3.10. The van der Waals surface area contributed by atoms with Gasteiger partial charge in [0.05, 0.1) is 28.9 Å². The number of imide groups is 1. The molecule has 1 aromatic heterocycles. The standard InChI is InChI=1S/C23H24N4O4.ClH/c28-13-2-1-4-17(29)15-20-21(5-3-8-25-20)27-22(30)18-7-6-16(14-19(18)23(27)31)26-11-9-24-10-12-26;/h3,5-8,13-14,24H,1-2,4,9-12,15H2;1H. The van der Waals surface area contributed by atoms with Crippen LogP contribution in [0.5, 0.6) is 0 Å². The quantitative estimate of drug-likeness (QED) is 0.369. The summed E-state index contributed by atoms with van der Waals surface area (Å²) in [7, 11) is 0. The van der Waals surface area contributed by atoms with Crippen molar-refractivity contribution in [1.82, 2.24) is 10.3 Å². The van der Waals surface area contributed by atoms with Crippen LogP contribution in [0.3, 0.4) is 0 Å². The van der Waals surface area contributed by atoms with Crippen molar-refractivity contribution < 1.29 is 19.2 Å². The normalized spacial score (nSPS) is 15.4. The molecule has 8 nitrogen and oxygen atoms in total. The van der Waals surface area contributed by atoms with Gasteiger partial charge in [-0.25, -0.2) is 4.90 Å². The first-order valence-corrected chi connectivity index (χ1v) is 10.5. The highest BCUT2D eigenvalue weighted by molar-refractivity contribution is 6.34. The zero-order valence-electron chi connectivity index (χ0n) is 17.6. The molecule has 0 bridgehead atoms. The van der Waals surface area contributed by atoms with Gasteiger partial charge in [0.15, 0.2) is 0 Å². The lowest BCUT2D eigenvalue weighted by atomic mass is 10.1. The number of aldehydes is 1. The molecule has 0 saturated carbocycles. The first-order chi connectivity index (χ1) is 15.1. The summed E-state index contributed by atoms with van der Waals surface area (Å²) >= 11 is 0. The van der Waals surface area contributed by atoms with Crippen LogP contribution in [0.4, 0.5) is 11.4 Å². The molecule has 1 saturated heterocycles. The molecule has 168 valence electrons. The SMILES string of the molecule is Cl.O=CCCCC(=O)Cc1ncccc1N1C(=O)c2ccc(N3CCNCC3)cc2C1=O. The number of fused-ring (bicyclic) bond motifs is 1. The summed E-state index contributed by atoms with van der Waals surface area (Å²) in [6, 6.07) is 8.64. The number of anilines is 2. The lowest BCUT2D eigenvalue weighted by Gasteiger charge is -2.29. The van der Waals surface area contributed by atoms with Crippen molar-refractivity contribution in [3.05, 3.63) is 53.3 Å². The molecular weight excluding hydrogens is 432 g/mol. The number of pyridine rings is 1. The summed E-state index contributed by atoms with van der Waals surface area (Å²) in [6.45, 7) is 3.42. The number of piperazine rings is 1. The molecule has 1 N–H and O–H groups in total. The second kappa shape index (κ2) is 10.5. The van der Waals surface area contributed by atoms with Crippen LogP contribution >= 0.6 is 12.4 Å². The first kappa shape index (κ1) is 23.6.